The molecule has 2 aromatic carbocycles. The van der Waals surface area contributed by atoms with Gasteiger partial charge in [0.15, 0.2) is 5.11 Å². The highest BCUT2D eigenvalue weighted by molar-refractivity contribution is 7.80. The molecule has 5 heteroatoms. The molecule has 2 N–H and O–H groups in total. The Morgan fingerprint density at radius 2 is 1.50 bits per heavy atom. The molecule has 0 saturated heterocycles. The van der Waals surface area contributed by atoms with Crippen LogP contribution in [-0.4, -0.2) is 17.8 Å². The van der Waals surface area contributed by atoms with Crippen molar-refractivity contribution in [2.45, 2.75) is 45.1 Å². The highest BCUT2D eigenvalue weighted by Gasteiger charge is 2.13. The minimum absolute atomic E-state index is 0.506. The summed E-state index contributed by atoms with van der Waals surface area (Å²) in [5.41, 5.74) is 0.956. The van der Waals surface area contributed by atoms with Gasteiger partial charge in [-0.2, -0.15) is 0 Å². The Morgan fingerprint density at radius 1 is 0.923 bits per heavy atom. The highest BCUT2D eigenvalue weighted by atomic mass is 32.1. The Labute approximate surface area is 160 Å². The van der Waals surface area contributed by atoms with Crippen molar-refractivity contribution in [1.82, 2.24) is 5.32 Å². The molecular formula is C21H26N2O2S. The summed E-state index contributed by atoms with van der Waals surface area (Å²) < 4.78 is 11.3. The molecule has 0 spiro atoms. The molecule has 0 aliphatic heterocycles. The van der Waals surface area contributed by atoms with Gasteiger partial charge in [0.25, 0.3) is 0 Å². The Balaban J connectivity index is 1.50. The van der Waals surface area contributed by atoms with Gasteiger partial charge in [-0.25, -0.2) is 0 Å². The summed E-state index contributed by atoms with van der Waals surface area (Å²) in [6, 6.07) is 15.9. The fourth-order valence-corrected chi connectivity index (χ4v) is 3.40. The molecule has 4 nitrogen and oxygen atoms in total. The second-order valence-electron chi connectivity index (χ2n) is 6.46. The van der Waals surface area contributed by atoms with Gasteiger partial charge in [-0.05, 0) is 80.5 Å². The van der Waals surface area contributed by atoms with E-state index >= 15 is 0 Å². The van der Waals surface area contributed by atoms with Crippen LogP contribution in [0.5, 0.6) is 17.2 Å². The topological polar surface area (TPSA) is 42.5 Å². The number of anilines is 1. The Kier molecular flexibility index (Phi) is 6.72. The fraction of sp³-hybridized carbons (Fsp3) is 0.381. The molecule has 26 heavy (non-hydrogen) atoms. The minimum atomic E-state index is 0.506. The number of nitrogens with one attached hydrogen (secondary N) is 2. The molecule has 0 heterocycles. The van der Waals surface area contributed by atoms with Crippen molar-refractivity contribution in [3.63, 3.8) is 0 Å². The van der Waals surface area contributed by atoms with Gasteiger partial charge in [-0.15, -0.1) is 0 Å². The first-order valence-corrected chi connectivity index (χ1v) is 9.72. The largest absolute Gasteiger partial charge is 0.494 e. The normalized spacial score (nSPS) is 14.5. The van der Waals surface area contributed by atoms with E-state index in [9.17, 15) is 0 Å². The van der Waals surface area contributed by atoms with Crippen molar-refractivity contribution >= 4 is 23.0 Å². The van der Waals surface area contributed by atoms with Crippen molar-refractivity contribution in [2.24, 2.45) is 0 Å². The van der Waals surface area contributed by atoms with Crippen LogP contribution in [0.1, 0.15) is 39.0 Å². The molecule has 1 fully saturated rings. The summed E-state index contributed by atoms with van der Waals surface area (Å²) in [6.07, 6.45) is 6.33. The predicted octanol–water partition coefficient (Wildman–Crippen LogP) is 5.50. The van der Waals surface area contributed by atoms with Gasteiger partial charge in [0, 0.05) is 11.7 Å². The number of rotatable bonds is 6. The number of ether oxygens (including phenoxy) is 2. The second-order valence-corrected chi connectivity index (χ2v) is 6.87. The summed E-state index contributed by atoms with van der Waals surface area (Å²) >= 11 is 5.42. The maximum Gasteiger partial charge on any atom is 0.170 e. The third-order valence-corrected chi connectivity index (χ3v) is 4.64. The third-order valence-electron chi connectivity index (χ3n) is 4.42. The number of benzene rings is 2. The summed E-state index contributed by atoms with van der Waals surface area (Å²) in [4.78, 5) is 0. The summed E-state index contributed by atoms with van der Waals surface area (Å²) in [5.74, 6) is 2.41. The van der Waals surface area contributed by atoms with Gasteiger partial charge in [0.2, 0.25) is 0 Å². The fourth-order valence-electron chi connectivity index (χ4n) is 3.11. The molecule has 0 amide bonds. The lowest BCUT2D eigenvalue weighted by molar-refractivity contribution is 0.339. The quantitative estimate of drug-likeness (QED) is 0.658. The molecule has 1 saturated carbocycles. The summed E-state index contributed by atoms with van der Waals surface area (Å²) in [5, 5.41) is 7.36. The first kappa shape index (κ1) is 18.5. The van der Waals surface area contributed by atoms with Crippen LogP contribution in [0.15, 0.2) is 48.5 Å². The lowest BCUT2D eigenvalue weighted by atomic mass is 9.96. The van der Waals surface area contributed by atoms with E-state index in [1.54, 1.807) is 0 Å². The second kappa shape index (κ2) is 9.43. The molecule has 1 aliphatic carbocycles. The van der Waals surface area contributed by atoms with E-state index in [0.29, 0.717) is 17.8 Å². The highest BCUT2D eigenvalue weighted by Crippen LogP contribution is 2.25. The van der Waals surface area contributed by atoms with Crippen LogP contribution in [0.3, 0.4) is 0 Å². The van der Waals surface area contributed by atoms with E-state index in [1.807, 2.05) is 55.5 Å². The number of thiocarbonyl (C=S) groups is 1. The molecule has 138 valence electrons. The van der Waals surface area contributed by atoms with Gasteiger partial charge in [0.05, 0.1) is 6.61 Å². The zero-order chi connectivity index (χ0) is 18.2. The van der Waals surface area contributed by atoms with Crippen molar-refractivity contribution in [2.75, 3.05) is 11.9 Å². The summed E-state index contributed by atoms with van der Waals surface area (Å²) in [6.45, 7) is 2.63. The Hall–Kier alpha value is -2.27. The van der Waals surface area contributed by atoms with E-state index in [-0.39, 0.29) is 0 Å². The van der Waals surface area contributed by atoms with Crippen LogP contribution in [-0.2, 0) is 0 Å². The van der Waals surface area contributed by atoms with Crippen molar-refractivity contribution < 1.29 is 9.47 Å². The van der Waals surface area contributed by atoms with E-state index in [2.05, 4.69) is 10.6 Å². The minimum Gasteiger partial charge on any atom is -0.494 e. The molecule has 0 atom stereocenters. The van der Waals surface area contributed by atoms with Crippen LogP contribution in [0, 0.1) is 0 Å². The molecule has 2 aromatic rings. The molecule has 0 bridgehead atoms. The van der Waals surface area contributed by atoms with Crippen LogP contribution in [0.25, 0.3) is 0 Å². The molecular weight excluding hydrogens is 344 g/mol. The summed E-state index contributed by atoms with van der Waals surface area (Å²) in [7, 11) is 0. The lowest BCUT2D eigenvalue weighted by Crippen LogP contribution is -2.38. The molecule has 0 radical (unpaired) electrons. The van der Waals surface area contributed by atoms with Gasteiger partial charge < -0.3 is 20.1 Å². The number of hydrogen-bond donors (Lipinski definition) is 2. The van der Waals surface area contributed by atoms with E-state index in [0.717, 1.165) is 22.9 Å². The molecule has 3 rings (SSSR count). The zero-order valence-electron chi connectivity index (χ0n) is 15.2. The Morgan fingerprint density at radius 3 is 2.12 bits per heavy atom. The monoisotopic (exact) mass is 370 g/mol. The first-order valence-electron chi connectivity index (χ1n) is 9.31. The maximum absolute atomic E-state index is 5.86. The van der Waals surface area contributed by atoms with Crippen molar-refractivity contribution in [3.05, 3.63) is 48.5 Å². The van der Waals surface area contributed by atoms with Crippen molar-refractivity contribution in [3.8, 4) is 17.2 Å². The predicted molar refractivity (Wildman–Crippen MR) is 110 cm³/mol. The SMILES string of the molecule is CCOc1ccc(Oc2ccc(NC(=S)NC3CCCCC3)cc2)cc1. The number of hydrogen-bond acceptors (Lipinski definition) is 3. The smallest absolute Gasteiger partial charge is 0.170 e. The zero-order valence-corrected chi connectivity index (χ0v) is 16.0. The third kappa shape index (κ3) is 5.63. The average Bonchev–Trinajstić information content (AvgIpc) is 2.66. The Bertz CT molecular complexity index is 695. The van der Waals surface area contributed by atoms with Crippen LogP contribution >= 0.6 is 12.2 Å². The molecule has 0 aromatic heterocycles. The lowest BCUT2D eigenvalue weighted by Gasteiger charge is -2.24. The maximum atomic E-state index is 5.86. The molecule has 1 aliphatic rings. The van der Waals surface area contributed by atoms with Gasteiger partial charge in [-0.1, -0.05) is 19.3 Å². The van der Waals surface area contributed by atoms with E-state index in [4.69, 9.17) is 21.7 Å². The van der Waals surface area contributed by atoms with E-state index in [1.165, 1.54) is 32.1 Å². The van der Waals surface area contributed by atoms with Gasteiger partial charge in [0.1, 0.15) is 17.2 Å². The van der Waals surface area contributed by atoms with Gasteiger partial charge in [-0.3, -0.25) is 0 Å². The van der Waals surface area contributed by atoms with Crippen molar-refractivity contribution in [1.29, 1.82) is 0 Å². The van der Waals surface area contributed by atoms with Gasteiger partial charge >= 0.3 is 0 Å². The van der Waals surface area contributed by atoms with Crippen LogP contribution in [0.2, 0.25) is 0 Å². The average molecular weight is 371 g/mol. The standard InChI is InChI=1S/C21H26N2O2S/c1-2-24-18-12-14-20(15-13-18)25-19-10-8-17(9-11-19)23-21(26)22-16-6-4-3-5-7-16/h8-16H,2-7H2,1H3,(H2,22,23,26). The first-order chi connectivity index (χ1) is 12.7. The van der Waals surface area contributed by atoms with E-state index < -0.39 is 0 Å². The van der Waals surface area contributed by atoms with Crippen LogP contribution < -0.4 is 20.1 Å². The molecule has 0 unspecified atom stereocenters. The van der Waals surface area contributed by atoms with Crippen LogP contribution in [0.4, 0.5) is 5.69 Å².